The third-order valence-corrected chi connectivity index (χ3v) is 5.79. The molecule has 2 heterocycles. The number of rotatable bonds is 4. The van der Waals surface area contributed by atoms with Gasteiger partial charge < -0.3 is 10.6 Å². The Labute approximate surface area is 115 Å². The Morgan fingerprint density at radius 2 is 2.33 bits per heavy atom. The second-order valence-electron chi connectivity index (χ2n) is 4.15. The van der Waals surface area contributed by atoms with E-state index in [-0.39, 0.29) is 5.25 Å². The van der Waals surface area contributed by atoms with Gasteiger partial charge in [-0.25, -0.2) is 13.4 Å². The summed E-state index contributed by atoms with van der Waals surface area (Å²) in [5.74, 6) is 1.40. The summed E-state index contributed by atoms with van der Waals surface area (Å²) in [6.07, 6.45) is 3.09. The van der Waals surface area contributed by atoms with E-state index in [1.54, 1.807) is 13.2 Å². The van der Waals surface area contributed by atoms with Gasteiger partial charge in [-0.15, -0.1) is 0 Å². The first kappa shape index (κ1) is 13.5. The molecule has 100 valence electrons. The van der Waals surface area contributed by atoms with Gasteiger partial charge in [-0.3, -0.25) is 0 Å². The molecular weight excluding hydrogens is 320 g/mol. The third-order valence-electron chi connectivity index (χ3n) is 2.93. The Morgan fingerprint density at radius 1 is 1.56 bits per heavy atom. The van der Waals surface area contributed by atoms with Crippen LogP contribution in [0.4, 0.5) is 11.8 Å². The van der Waals surface area contributed by atoms with Crippen LogP contribution in [0.2, 0.25) is 0 Å². The van der Waals surface area contributed by atoms with E-state index in [2.05, 4.69) is 36.5 Å². The van der Waals surface area contributed by atoms with Crippen molar-refractivity contribution in [2.45, 2.75) is 18.1 Å². The molecule has 1 aliphatic heterocycles. The summed E-state index contributed by atoms with van der Waals surface area (Å²) >= 11 is 3.31. The molecule has 1 saturated heterocycles. The second kappa shape index (κ2) is 5.40. The normalized spacial score (nSPS) is 21.8. The molecule has 1 aliphatic rings. The first-order chi connectivity index (χ1) is 8.53. The number of nitrogens with one attached hydrogen (secondary N) is 2. The lowest BCUT2D eigenvalue weighted by molar-refractivity contribution is 0.591. The van der Waals surface area contributed by atoms with Crippen LogP contribution < -0.4 is 10.6 Å². The van der Waals surface area contributed by atoms with Crippen molar-refractivity contribution < 1.29 is 8.42 Å². The van der Waals surface area contributed by atoms with Gasteiger partial charge in [0.2, 0.25) is 5.95 Å². The number of sulfone groups is 1. The molecular formula is C10H15BrN4O2S. The first-order valence-corrected chi connectivity index (χ1v) is 8.19. The predicted molar refractivity (Wildman–Crippen MR) is 74.6 cm³/mol. The number of anilines is 2. The molecule has 2 rings (SSSR count). The Hall–Kier alpha value is -0.890. The van der Waals surface area contributed by atoms with E-state index in [0.29, 0.717) is 30.5 Å². The Kier molecular flexibility index (Phi) is 4.06. The molecule has 0 aliphatic carbocycles. The maximum Gasteiger partial charge on any atom is 0.224 e. The number of nitrogens with zero attached hydrogens (tertiary/aromatic N) is 2. The van der Waals surface area contributed by atoms with E-state index in [0.717, 1.165) is 10.9 Å². The smallest absolute Gasteiger partial charge is 0.224 e. The van der Waals surface area contributed by atoms with Crippen molar-refractivity contribution in [3.05, 3.63) is 10.7 Å². The highest BCUT2D eigenvalue weighted by molar-refractivity contribution is 9.10. The fraction of sp³-hybridized carbons (Fsp3) is 0.600. The molecule has 0 unspecified atom stereocenters. The molecule has 0 spiro atoms. The van der Waals surface area contributed by atoms with Crippen molar-refractivity contribution >= 4 is 37.5 Å². The van der Waals surface area contributed by atoms with Crippen LogP contribution >= 0.6 is 15.9 Å². The van der Waals surface area contributed by atoms with Gasteiger partial charge in [0.1, 0.15) is 5.82 Å². The fourth-order valence-electron chi connectivity index (χ4n) is 1.92. The number of hydrogen-bond donors (Lipinski definition) is 2. The van der Waals surface area contributed by atoms with E-state index in [1.807, 2.05) is 0 Å². The van der Waals surface area contributed by atoms with Crippen molar-refractivity contribution in [1.82, 2.24) is 9.97 Å². The third kappa shape index (κ3) is 2.92. The fourth-order valence-corrected chi connectivity index (χ4v) is 4.07. The van der Waals surface area contributed by atoms with E-state index in [9.17, 15) is 8.42 Å². The predicted octanol–water partition coefficient (Wildman–Crippen LogP) is 1.27. The molecule has 6 nitrogen and oxygen atoms in total. The van der Waals surface area contributed by atoms with Crippen LogP contribution in [0, 0.1) is 0 Å². The Morgan fingerprint density at radius 3 is 2.94 bits per heavy atom. The zero-order chi connectivity index (χ0) is 13.2. The molecule has 8 heteroatoms. The van der Waals surface area contributed by atoms with Crippen molar-refractivity contribution in [3.8, 4) is 0 Å². The van der Waals surface area contributed by atoms with Crippen LogP contribution in [0.1, 0.15) is 12.8 Å². The molecule has 1 fully saturated rings. The summed E-state index contributed by atoms with van der Waals surface area (Å²) in [5.41, 5.74) is 0. The van der Waals surface area contributed by atoms with Crippen molar-refractivity contribution in [2.24, 2.45) is 0 Å². The number of halogens is 1. The first-order valence-electron chi connectivity index (χ1n) is 5.68. The van der Waals surface area contributed by atoms with Gasteiger partial charge in [-0.1, -0.05) is 0 Å². The maximum absolute atomic E-state index is 11.7. The van der Waals surface area contributed by atoms with Crippen LogP contribution in [-0.4, -0.2) is 43.0 Å². The van der Waals surface area contributed by atoms with Crippen LogP contribution in [-0.2, 0) is 9.84 Å². The Balaban J connectivity index is 2.02. The Bertz CT molecular complexity index is 535. The van der Waals surface area contributed by atoms with E-state index in [4.69, 9.17) is 0 Å². The topological polar surface area (TPSA) is 84.0 Å². The molecule has 0 bridgehead atoms. The average molecular weight is 335 g/mol. The maximum atomic E-state index is 11.7. The van der Waals surface area contributed by atoms with Crippen molar-refractivity contribution in [1.29, 1.82) is 0 Å². The van der Waals surface area contributed by atoms with Gasteiger partial charge in [0.25, 0.3) is 0 Å². The second-order valence-corrected chi connectivity index (χ2v) is 7.41. The summed E-state index contributed by atoms with van der Waals surface area (Å²) in [6.45, 7) is 0.368. The van der Waals surface area contributed by atoms with Crippen LogP contribution in [0.3, 0.4) is 0 Å². The zero-order valence-electron chi connectivity index (χ0n) is 9.98. The minimum atomic E-state index is -2.92. The SMILES string of the molecule is CNc1nc(NC[C@H]2CCCS2(=O)=O)ncc1Br. The van der Waals surface area contributed by atoms with Crippen LogP contribution in [0.15, 0.2) is 10.7 Å². The number of aromatic nitrogens is 2. The molecule has 18 heavy (non-hydrogen) atoms. The lowest BCUT2D eigenvalue weighted by Gasteiger charge is -2.11. The van der Waals surface area contributed by atoms with Crippen molar-refractivity contribution in [2.75, 3.05) is 30.0 Å². The van der Waals surface area contributed by atoms with E-state index in [1.165, 1.54) is 0 Å². The summed E-state index contributed by atoms with van der Waals surface area (Å²) in [4.78, 5) is 8.32. The lowest BCUT2D eigenvalue weighted by atomic mass is 10.2. The summed E-state index contributed by atoms with van der Waals surface area (Å²) in [6, 6.07) is 0. The standard InChI is InChI=1S/C10H15BrN4O2S/c1-12-9-8(11)6-14-10(15-9)13-5-7-3-2-4-18(7,16)17/h6-7H,2-5H2,1H3,(H2,12,13,14,15)/t7-/m1/s1. The molecule has 0 radical (unpaired) electrons. The summed E-state index contributed by atoms with van der Waals surface area (Å²) in [7, 11) is -1.16. The van der Waals surface area contributed by atoms with Gasteiger partial charge in [0.05, 0.1) is 15.5 Å². The molecule has 2 N–H and O–H groups in total. The number of hydrogen-bond acceptors (Lipinski definition) is 6. The quantitative estimate of drug-likeness (QED) is 0.862. The summed E-state index contributed by atoms with van der Waals surface area (Å²) < 4.78 is 24.1. The van der Waals surface area contributed by atoms with Crippen LogP contribution in [0.25, 0.3) is 0 Å². The van der Waals surface area contributed by atoms with E-state index >= 15 is 0 Å². The lowest BCUT2D eigenvalue weighted by Crippen LogP contribution is -2.25. The molecule has 0 saturated carbocycles. The molecule has 1 aromatic rings. The average Bonchev–Trinajstić information content (AvgIpc) is 2.67. The highest BCUT2D eigenvalue weighted by Gasteiger charge is 2.30. The molecule has 0 aromatic carbocycles. The minimum absolute atomic E-state index is 0.294. The van der Waals surface area contributed by atoms with Crippen LogP contribution in [0.5, 0.6) is 0 Å². The van der Waals surface area contributed by atoms with Gasteiger partial charge in [0.15, 0.2) is 9.84 Å². The molecule has 1 atom stereocenters. The van der Waals surface area contributed by atoms with Crippen molar-refractivity contribution in [3.63, 3.8) is 0 Å². The molecule has 0 amide bonds. The highest BCUT2D eigenvalue weighted by Crippen LogP contribution is 2.22. The van der Waals surface area contributed by atoms with Gasteiger partial charge in [0, 0.05) is 19.8 Å². The summed E-state index contributed by atoms with van der Waals surface area (Å²) in [5, 5.41) is 5.59. The molecule has 1 aromatic heterocycles. The van der Waals surface area contributed by atoms with Gasteiger partial charge >= 0.3 is 0 Å². The largest absolute Gasteiger partial charge is 0.372 e. The van der Waals surface area contributed by atoms with Gasteiger partial charge in [-0.2, -0.15) is 4.98 Å². The monoisotopic (exact) mass is 334 g/mol. The zero-order valence-corrected chi connectivity index (χ0v) is 12.4. The van der Waals surface area contributed by atoms with E-state index < -0.39 is 9.84 Å². The highest BCUT2D eigenvalue weighted by atomic mass is 79.9. The minimum Gasteiger partial charge on any atom is -0.372 e. The van der Waals surface area contributed by atoms with Gasteiger partial charge in [-0.05, 0) is 28.8 Å².